The van der Waals surface area contributed by atoms with Gasteiger partial charge in [-0.3, -0.25) is 13.9 Å². The molecular weight excluding hydrogens is 408 g/mol. The predicted octanol–water partition coefficient (Wildman–Crippen LogP) is 2.77. The Morgan fingerprint density at radius 1 is 1.19 bits per heavy atom. The van der Waals surface area contributed by atoms with Gasteiger partial charge in [0.15, 0.2) is 5.65 Å². The number of hydrogen-bond acceptors (Lipinski definition) is 6. The highest BCUT2D eigenvalue weighted by Gasteiger charge is 2.24. The van der Waals surface area contributed by atoms with Crippen LogP contribution in [0.5, 0.6) is 0 Å². The highest BCUT2D eigenvalue weighted by Crippen LogP contribution is 2.26. The lowest BCUT2D eigenvalue weighted by Gasteiger charge is -2.22. The lowest BCUT2D eigenvalue weighted by Crippen LogP contribution is -2.30. The minimum absolute atomic E-state index is 0.0697. The van der Waals surface area contributed by atoms with Crippen LogP contribution in [0, 0.1) is 6.92 Å². The van der Waals surface area contributed by atoms with Crippen molar-refractivity contribution in [2.24, 2.45) is 7.05 Å². The van der Waals surface area contributed by atoms with E-state index in [2.05, 4.69) is 10.3 Å². The second-order valence-electron chi connectivity index (χ2n) is 8.61. The molecule has 3 aromatic rings. The first-order valence-corrected chi connectivity index (χ1v) is 11.2. The molecule has 2 aromatic heterocycles. The predicted molar refractivity (Wildman–Crippen MR) is 121 cm³/mol. The Hall–Kier alpha value is -3.20. The van der Waals surface area contributed by atoms with Gasteiger partial charge in [0.05, 0.1) is 6.20 Å². The molecule has 0 unspecified atom stereocenters. The van der Waals surface area contributed by atoms with Crippen LogP contribution in [0.25, 0.3) is 11.2 Å². The van der Waals surface area contributed by atoms with Gasteiger partial charge >= 0.3 is 5.69 Å². The first kappa shape index (κ1) is 20.7. The third-order valence-electron chi connectivity index (χ3n) is 6.50. The lowest BCUT2D eigenvalue weighted by molar-refractivity contribution is 0.0695. The maximum absolute atomic E-state index is 12.9. The van der Waals surface area contributed by atoms with Crippen molar-refractivity contribution >= 4 is 28.7 Å². The number of fused-ring (bicyclic) bond motifs is 1. The molecule has 2 aliphatic rings. The Morgan fingerprint density at radius 2 is 1.94 bits per heavy atom. The molecule has 2 saturated heterocycles. The van der Waals surface area contributed by atoms with Crippen LogP contribution in [0.2, 0.25) is 0 Å². The molecule has 32 heavy (non-hydrogen) atoms. The molecular formula is C23H28N6O3. The van der Waals surface area contributed by atoms with Crippen molar-refractivity contribution in [2.75, 3.05) is 31.6 Å². The molecule has 9 heteroatoms. The first-order valence-electron chi connectivity index (χ1n) is 11.2. The zero-order valence-corrected chi connectivity index (χ0v) is 18.5. The van der Waals surface area contributed by atoms with Crippen molar-refractivity contribution in [3.05, 3.63) is 46.0 Å². The Bertz CT molecular complexity index is 1220. The zero-order chi connectivity index (χ0) is 22.2. The molecule has 168 valence electrons. The number of hydrogen-bond donors (Lipinski definition) is 1. The molecule has 0 bridgehead atoms. The summed E-state index contributed by atoms with van der Waals surface area (Å²) in [7, 11) is 1.75. The van der Waals surface area contributed by atoms with Crippen molar-refractivity contribution < 1.29 is 9.53 Å². The Morgan fingerprint density at radius 3 is 2.66 bits per heavy atom. The summed E-state index contributed by atoms with van der Waals surface area (Å²) in [4.78, 5) is 36.6. The third-order valence-corrected chi connectivity index (χ3v) is 6.50. The molecule has 5 rings (SSSR count). The minimum atomic E-state index is -0.0840. The average molecular weight is 437 g/mol. The van der Waals surface area contributed by atoms with Gasteiger partial charge in [-0.2, -0.15) is 4.98 Å². The van der Waals surface area contributed by atoms with E-state index in [1.165, 1.54) is 0 Å². The molecule has 0 saturated carbocycles. The number of amides is 1. The molecule has 2 aliphatic heterocycles. The number of benzene rings is 1. The summed E-state index contributed by atoms with van der Waals surface area (Å²) in [6, 6.07) is 5.71. The maximum atomic E-state index is 12.9. The summed E-state index contributed by atoms with van der Waals surface area (Å²) in [6.45, 7) is 4.91. The SMILES string of the molecule is Cc1cc(C(=O)N2CCCC2)ccc1Nc1ncc2c(n1)n(C1CCOCC1)c(=O)n2C. The monoisotopic (exact) mass is 436 g/mol. The van der Waals surface area contributed by atoms with E-state index in [1.807, 2.05) is 30.0 Å². The van der Waals surface area contributed by atoms with Crippen molar-refractivity contribution in [2.45, 2.75) is 38.6 Å². The fourth-order valence-electron chi connectivity index (χ4n) is 4.63. The number of anilines is 2. The second-order valence-corrected chi connectivity index (χ2v) is 8.61. The summed E-state index contributed by atoms with van der Waals surface area (Å²) in [5.74, 6) is 0.505. The topological polar surface area (TPSA) is 94.3 Å². The number of rotatable bonds is 4. The van der Waals surface area contributed by atoms with Gasteiger partial charge in [-0.15, -0.1) is 0 Å². The van der Waals surface area contributed by atoms with E-state index in [-0.39, 0.29) is 17.6 Å². The number of nitrogens with one attached hydrogen (secondary N) is 1. The summed E-state index contributed by atoms with van der Waals surface area (Å²) in [6.07, 6.45) is 5.41. The van der Waals surface area contributed by atoms with E-state index >= 15 is 0 Å². The average Bonchev–Trinajstić information content (AvgIpc) is 3.43. The van der Waals surface area contributed by atoms with Crippen LogP contribution in [-0.4, -0.2) is 56.2 Å². The van der Waals surface area contributed by atoms with Gasteiger partial charge in [-0.25, -0.2) is 9.78 Å². The van der Waals surface area contributed by atoms with E-state index in [0.717, 1.165) is 50.0 Å². The molecule has 1 amide bonds. The number of aromatic nitrogens is 4. The highest BCUT2D eigenvalue weighted by molar-refractivity contribution is 5.95. The van der Waals surface area contributed by atoms with E-state index < -0.39 is 0 Å². The van der Waals surface area contributed by atoms with Gasteiger partial charge in [-0.1, -0.05) is 0 Å². The smallest absolute Gasteiger partial charge is 0.330 e. The van der Waals surface area contributed by atoms with Crippen LogP contribution in [-0.2, 0) is 11.8 Å². The van der Waals surface area contributed by atoms with Crippen LogP contribution < -0.4 is 11.0 Å². The van der Waals surface area contributed by atoms with Gasteiger partial charge in [-0.05, 0) is 56.4 Å². The molecule has 0 radical (unpaired) electrons. The van der Waals surface area contributed by atoms with Crippen LogP contribution in [0.15, 0.2) is 29.2 Å². The van der Waals surface area contributed by atoms with Crippen molar-refractivity contribution in [3.63, 3.8) is 0 Å². The van der Waals surface area contributed by atoms with Gasteiger partial charge in [0, 0.05) is 50.6 Å². The Labute approximate surface area is 186 Å². The number of carbonyl (C=O) groups excluding carboxylic acids is 1. The van der Waals surface area contributed by atoms with Crippen LogP contribution in [0.1, 0.15) is 47.6 Å². The van der Waals surface area contributed by atoms with Gasteiger partial charge in [0.2, 0.25) is 5.95 Å². The minimum Gasteiger partial charge on any atom is -0.381 e. The molecule has 0 aliphatic carbocycles. The van der Waals surface area contributed by atoms with Crippen LogP contribution in [0.3, 0.4) is 0 Å². The number of aryl methyl sites for hydroxylation is 2. The Kier molecular flexibility index (Phi) is 5.42. The maximum Gasteiger partial charge on any atom is 0.330 e. The zero-order valence-electron chi connectivity index (χ0n) is 18.5. The summed E-state index contributed by atoms with van der Waals surface area (Å²) >= 11 is 0. The van der Waals surface area contributed by atoms with Crippen molar-refractivity contribution in [3.8, 4) is 0 Å². The van der Waals surface area contributed by atoms with E-state index in [4.69, 9.17) is 9.72 Å². The molecule has 0 atom stereocenters. The standard InChI is InChI=1S/C23H28N6O3/c1-15-13-16(21(30)28-9-3-4-10-28)5-6-18(15)25-22-24-14-19-20(26-22)29(23(31)27(19)2)17-7-11-32-12-8-17/h5-6,13-14,17H,3-4,7-12H2,1-2H3,(H,24,25,26). The fraction of sp³-hybridized carbons (Fsp3) is 0.478. The Balaban J connectivity index is 1.44. The quantitative estimate of drug-likeness (QED) is 0.676. The molecule has 9 nitrogen and oxygen atoms in total. The first-order chi connectivity index (χ1) is 15.5. The van der Waals surface area contributed by atoms with Gasteiger partial charge < -0.3 is 15.0 Å². The summed E-state index contributed by atoms with van der Waals surface area (Å²) in [5, 5.41) is 3.26. The number of nitrogens with zero attached hydrogens (tertiary/aromatic N) is 5. The summed E-state index contributed by atoms with van der Waals surface area (Å²) < 4.78 is 8.83. The van der Waals surface area contributed by atoms with Crippen LogP contribution in [0.4, 0.5) is 11.6 Å². The van der Waals surface area contributed by atoms with Crippen molar-refractivity contribution in [1.82, 2.24) is 24.0 Å². The fourth-order valence-corrected chi connectivity index (χ4v) is 4.63. The van der Waals surface area contributed by atoms with Crippen molar-refractivity contribution in [1.29, 1.82) is 0 Å². The third kappa shape index (κ3) is 3.66. The largest absolute Gasteiger partial charge is 0.381 e. The number of carbonyl (C=O) groups is 1. The van der Waals surface area contributed by atoms with E-state index in [1.54, 1.807) is 22.4 Å². The van der Waals surface area contributed by atoms with E-state index in [9.17, 15) is 9.59 Å². The van der Waals surface area contributed by atoms with Gasteiger partial charge in [0.1, 0.15) is 5.52 Å². The normalized spacial score (nSPS) is 17.2. The van der Waals surface area contributed by atoms with E-state index in [0.29, 0.717) is 35.9 Å². The summed E-state index contributed by atoms with van der Waals surface area (Å²) in [5.41, 5.74) is 3.71. The highest BCUT2D eigenvalue weighted by atomic mass is 16.5. The number of likely N-dealkylation sites (tertiary alicyclic amines) is 1. The molecule has 1 N–H and O–H groups in total. The number of ether oxygens (including phenoxy) is 1. The molecule has 0 spiro atoms. The molecule has 4 heterocycles. The van der Waals surface area contributed by atoms with Gasteiger partial charge in [0.25, 0.3) is 5.91 Å². The molecule has 2 fully saturated rings. The number of imidazole rings is 1. The van der Waals surface area contributed by atoms with Crippen LogP contribution >= 0.6 is 0 Å². The lowest BCUT2D eigenvalue weighted by atomic mass is 10.1. The molecule has 1 aromatic carbocycles. The second kappa shape index (κ2) is 8.38.